The number of nitrogens with one attached hydrogen (secondary N) is 1. The van der Waals surface area contributed by atoms with Crippen molar-refractivity contribution in [3.63, 3.8) is 0 Å². The predicted molar refractivity (Wildman–Crippen MR) is 89.0 cm³/mol. The van der Waals surface area contributed by atoms with Crippen LogP contribution >= 0.6 is 0 Å². The summed E-state index contributed by atoms with van der Waals surface area (Å²) in [7, 11) is 0. The SMILES string of the molecule is Cc1cccc(OCC(=O)N[C@H](C)c2ccc(OCC(F)(F)F)cn2)c1. The largest absolute Gasteiger partial charge is 0.484 e. The third-order valence-electron chi connectivity index (χ3n) is 3.34. The Bertz CT molecular complexity index is 733. The van der Waals surface area contributed by atoms with Gasteiger partial charge in [-0.05, 0) is 43.7 Å². The molecule has 0 spiro atoms. The number of benzene rings is 1. The van der Waals surface area contributed by atoms with Crippen molar-refractivity contribution in [1.82, 2.24) is 10.3 Å². The molecule has 1 aromatic heterocycles. The van der Waals surface area contributed by atoms with Gasteiger partial charge in [0.2, 0.25) is 0 Å². The highest BCUT2D eigenvalue weighted by Crippen LogP contribution is 2.19. The molecule has 0 aliphatic carbocycles. The average molecular weight is 368 g/mol. The molecule has 1 atom stereocenters. The van der Waals surface area contributed by atoms with Crippen molar-refractivity contribution >= 4 is 5.91 Å². The normalized spacial score (nSPS) is 12.3. The van der Waals surface area contributed by atoms with Crippen molar-refractivity contribution in [1.29, 1.82) is 0 Å². The number of ether oxygens (including phenoxy) is 2. The Morgan fingerprint density at radius 2 is 1.96 bits per heavy atom. The summed E-state index contributed by atoms with van der Waals surface area (Å²) < 4.78 is 46.3. The molecule has 5 nitrogen and oxygen atoms in total. The van der Waals surface area contributed by atoms with Crippen LogP contribution < -0.4 is 14.8 Å². The minimum atomic E-state index is -4.41. The molecule has 2 aromatic rings. The molecule has 0 unspecified atom stereocenters. The van der Waals surface area contributed by atoms with Crippen LogP contribution in [-0.4, -0.2) is 30.3 Å². The number of hydrogen-bond donors (Lipinski definition) is 1. The number of hydrogen-bond acceptors (Lipinski definition) is 4. The lowest BCUT2D eigenvalue weighted by molar-refractivity contribution is -0.153. The van der Waals surface area contributed by atoms with E-state index in [4.69, 9.17) is 4.74 Å². The van der Waals surface area contributed by atoms with Crippen LogP contribution in [0, 0.1) is 6.92 Å². The molecule has 26 heavy (non-hydrogen) atoms. The highest BCUT2D eigenvalue weighted by atomic mass is 19.4. The lowest BCUT2D eigenvalue weighted by atomic mass is 10.2. The maximum absolute atomic E-state index is 12.1. The summed E-state index contributed by atoms with van der Waals surface area (Å²) in [5.74, 6) is 0.266. The lowest BCUT2D eigenvalue weighted by Gasteiger charge is -2.15. The van der Waals surface area contributed by atoms with Crippen LogP contribution in [0.5, 0.6) is 11.5 Å². The van der Waals surface area contributed by atoms with Gasteiger partial charge >= 0.3 is 6.18 Å². The Kier molecular flexibility index (Phi) is 6.43. The topological polar surface area (TPSA) is 60.5 Å². The maximum atomic E-state index is 12.1. The van der Waals surface area contributed by atoms with Gasteiger partial charge in [-0.3, -0.25) is 9.78 Å². The lowest BCUT2D eigenvalue weighted by Crippen LogP contribution is -2.31. The second kappa shape index (κ2) is 8.55. The molecule has 1 heterocycles. The van der Waals surface area contributed by atoms with Crippen LogP contribution in [0.25, 0.3) is 0 Å². The fourth-order valence-electron chi connectivity index (χ4n) is 2.11. The summed E-state index contributed by atoms with van der Waals surface area (Å²) in [4.78, 5) is 16.0. The van der Waals surface area contributed by atoms with E-state index in [1.807, 2.05) is 25.1 Å². The van der Waals surface area contributed by atoms with Crippen LogP contribution in [0.2, 0.25) is 0 Å². The minimum absolute atomic E-state index is 0.00684. The molecule has 0 aliphatic heterocycles. The Morgan fingerprint density at radius 3 is 2.58 bits per heavy atom. The zero-order valence-electron chi connectivity index (χ0n) is 14.3. The summed E-state index contributed by atoms with van der Waals surface area (Å²) >= 11 is 0. The first-order chi connectivity index (χ1) is 12.2. The number of aryl methyl sites for hydroxylation is 1. The molecule has 1 aromatic carbocycles. The van der Waals surface area contributed by atoms with Gasteiger partial charge in [0.05, 0.1) is 17.9 Å². The first-order valence-electron chi connectivity index (χ1n) is 7.87. The van der Waals surface area contributed by atoms with Crippen LogP contribution in [-0.2, 0) is 4.79 Å². The second-order valence-corrected chi connectivity index (χ2v) is 5.72. The number of pyridine rings is 1. The van der Waals surface area contributed by atoms with E-state index in [9.17, 15) is 18.0 Å². The Labute approximate surface area is 149 Å². The Morgan fingerprint density at radius 1 is 1.19 bits per heavy atom. The van der Waals surface area contributed by atoms with Gasteiger partial charge in [0.25, 0.3) is 5.91 Å². The van der Waals surface area contributed by atoms with Crippen LogP contribution in [0.1, 0.15) is 24.2 Å². The summed E-state index contributed by atoms with van der Waals surface area (Å²) in [6.07, 6.45) is -3.22. The number of halogens is 3. The van der Waals surface area contributed by atoms with Gasteiger partial charge in [-0.2, -0.15) is 13.2 Å². The molecule has 0 bridgehead atoms. The van der Waals surface area contributed by atoms with E-state index >= 15 is 0 Å². The molecule has 1 amide bonds. The minimum Gasteiger partial charge on any atom is -0.484 e. The van der Waals surface area contributed by atoms with E-state index in [2.05, 4.69) is 15.0 Å². The molecule has 0 saturated heterocycles. The number of rotatable bonds is 7. The Balaban J connectivity index is 1.82. The second-order valence-electron chi connectivity index (χ2n) is 5.72. The van der Waals surface area contributed by atoms with Gasteiger partial charge in [-0.1, -0.05) is 12.1 Å². The molecule has 140 valence electrons. The van der Waals surface area contributed by atoms with Crippen molar-refractivity contribution in [3.05, 3.63) is 53.9 Å². The summed E-state index contributed by atoms with van der Waals surface area (Å²) in [6.45, 7) is 2.10. The van der Waals surface area contributed by atoms with Crippen molar-refractivity contribution in [2.45, 2.75) is 26.1 Å². The third kappa shape index (κ3) is 6.62. The van der Waals surface area contributed by atoms with E-state index in [1.54, 1.807) is 13.0 Å². The molecule has 0 fully saturated rings. The molecule has 2 rings (SSSR count). The Hall–Kier alpha value is -2.77. The predicted octanol–water partition coefficient (Wildman–Crippen LogP) is 3.59. The van der Waals surface area contributed by atoms with Crippen molar-refractivity contribution < 1.29 is 27.4 Å². The summed E-state index contributed by atoms with van der Waals surface area (Å²) in [5.41, 5.74) is 1.52. The number of aromatic nitrogens is 1. The molecule has 0 saturated carbocycles. The van der Waals surface area contributed by atoms with Gasteiger partial charge in [0.15, 0.2) is 13.2 Å². The first kappa shape index (κ1) is 19.6. The van der Waals surface area contributed by atoms with Gasteiger partial charge < -0.3 is 14.8 Å². The van der Waals surface area contributed by atoms with E-state index in [-0.39, 0.29) is 18.3 Å². The highest BCUT2D eigenvalue weighted by Gasteiger charge is 2.28. The van der Waals surface area contributed by atoms with Gasteiger partial charge in [0, 0.05) is 0 Å². The summed E-state index contributed by atoms with van der Waals surface area (Å²) in [5, 5.41) is 2.71. The number of nitrogens with zero attached hydrogens (tertiary/aromatic N) is 1. The first-order valence-corrected chi connectivity index (χ1v) is 7.87. The number of carbonyl (C=O) groups excluding carboxylic acids is 1. The van der Waals surface area contributed by atoms with E-state index < -0.39 is 18.8 Å². The van der Waals surface area contributed by atoms with Crippen LogP contribution in [0.4, 0.5) is 13.2 Å². The zero-order chi connectivity index (χ0) is 19.2. The van der Waals surface area contributed by atoms with E-state index in [0.29, 0.717) is 11.4 Å². The smallest absolute Gasteiger partial charge is 0.422 e. The fraction of sp³-hybridized carbons (Fsp3) is 0.333. The zero-order valence-corrected chi connectivity index (χ0v) is 14.3. The summed E-state index contributed by atoms with van der Waals surface area (Å²) in [6, 6.07) is 9.77. The van der Waals surface area contributed by atoms with Crippen LogP contribution in [0.3, 0.4) is 0 Å². The van der Waals surface area contributed by atoms with Crippen molar-refractivity contribution in [2.24, 2.45) is 0 Å². The monoisotopic (exact) mass is 368 g/mol. The highest BCUT2D eigenvalue weighted by molar-refractivity contribution is 5.77. The standard InChI is InChI=1S/C18H19F3N2O3/c1-12-4-3-5-14(8-12)25-10-17(24)23-13(2)16-7-6-15(9-22-16)26-11-18(19,20)21/h3-9,13H,10-11H2,1-2H3,(H,23,24)/t13-/m1/s1. The quantitative estimate of drug-likeness (QED) is 0.811. The molecule has 1 N–H and O–H groups in total. The van der Waals surface area contributed by atoms with Gasteiger partial charge in [-0.15, -0.1) is 0 Å². The molecule has 8 heteroatoms. The van der Waals surface area contributed by atoms with Crippen molar-refractivity contribution in [3.8, 4) is 11.5 Å². The molecular formula is C18H19F3N2O3. The molecular weight excluding hydrogens is 349 g/mol. The van der Waals surface area contributed by atoms with Crippen LogP contribution in [0.15, 0.2) is 42.6 Å². The maximum Gasteiger partial charge on any atom is 0.422 e. The van der Waals surface area contributed by atoms with Gasteiger partial charge in [-0.25, -0.2) is 0 Å². The van der Waals surface area contributed by atoms with E-state index in [0.717, 1.165) is 5.56 Å². The van der Waals surface area contributed by atoms with Crippen molar-refractivity contribution in [2.75, 3.05) is 13.2 Å². The number of alkyl halides is 3. The third-order valence-corrected chi connectivity index (χ3v) is 3.34. The molecule has 0 aliphatic rings. The number of carbonyl (C=O) groups is 1. The van der Waals surface area contributed by atoms with Gasteiger partial charge in [0.1, 0.15) is 11.5 Å². The average Bonchev–Trinajstić information content (AvgIpc) is 2.58. The molecule has 0 radical (unpaired) electrons. The number of amides is 1. The fourth-order valence-corrected chi connectivity index (χ4v) is 2.11. The van der Waals surface area contributed by atoms with E-state index in [1.165, 1.54) is 18.3 Å².